The van der Waals surface area contributed by atoms with Crippen LogP contribution in [0.1, 0.15) is 0 Å². The molecule has 3 aromatic rings. The third-order valence-electron chi connectivity index (χ3n) is 3.06. The highest BCUT2D eigenvalue weighted by atomic mass is 35.5. The number of hydrogen-bond acceptors (Lipinski definition) is 8. The van der Waals surface area contributed by atoms with E-state index in [1.807, 2.05) is 0 Å². The second kappa shape index (κ2) is 7.93. The fraction of sp³-hybridized carbons (Fsp3) is 0.0667. The first-order chi connectivity index (χ1) is 12.5. The zero-order chi connectivity index (χ0) is 18.5. The average Bonchev–Trinajstić information content (AvgIpc) is 3.11. The zero-order valence-corrected chi connectivity index (χ0v) is 14.5. The number of hydrogen-bond donors (Lipinski definition) is 1. The Balaban J connectivity index is 1.63. The van der Waals surface area contributed by atoms with E-state index in [2.05, 4.69) is 20.5 Å². The minimum absolute atomic E-state index is 0.00280. The molecule has 0 atom stereocenters. The lowest BCUT2D eigenvalue weighted by Gasteiger charge is -2.02. The average molecular weight is 392 g/mol. The second-order valence-corrected chi connectivity index (χ2v) is 6.21. The Labute approximate surface area is 155 Å². The lowest BCUT2D eigenvalue weighted by atomic mass is 10.2. The fourth-order valence-corrected chi connectivity index (χ4v) is 2.62. The first-order valence-electron chi connectivity index (χ1n) is 7.14. The van der Waals surface area contributed by atoms with Crippen molar-refractivity contribution >= 4 is 40.8 Å². The monoisotopic (exact) mass is 391 g/mol. The highest BCUT2D eigenvalue weighted by molar-refractivity contribution is 7.99. The van der Waals surface area contributed by atoms with Crippen LogP contribution in [0.5, 0.6) is 0 Å². The predicted molar refractivity (Wildman–Crippen MR) is 95.0 cm³/mol. The molecule has 11 heteroatoms. The molecule has 2 aromatic heterocycles. The molecule has 0 radical (unpaired) electrons. The van der Waals surface area contributed by atoms with E-state index in [1.54, 1.807) is 24.3 Å². The number of aromatic nitrogens is 3. The van der Waals surface area contributed by atoms with Gasteiger partial charge in [-0.2, -0.15) is 0 Å². The number of para-hydroxylation sites is 1. The molecule has 26 heavy (non-hydrogen) atoms. The molecule has 9 nitrogen and oxygen atoms in total. The molecule has 0 spiro atoms. The number of amides is 1. The molecule has 0 saturated heterocycles. The van der Waals surface area contributed by atoms with E-state index in [-0.39, 0.29) is 34.0 Å². The van der Waals surface area contributed by atoms with Gasteiger partial charge in [-0.05, 0) is 18.2 Å². The van der Waals surface area contributed by atoms with Gasteiger partial charge in [0.15, 0.2) is 0 Å². The molecule has 1 N–H and O–H groups in total. The van der Waals surface area contributed by atoms with Gasteiger partial charge in [-0.25, -0.2) is 4.98 Å². The van der Waals surface area contributed by atoms with Gasteiger partial charge in [-0.15, -0.1) is 10.2 Å². The Morgan fingerprint density at radius 1 is 1.27 bits per heavy atom. The van der Waals surface area contributed by atoms with Crippen molar-refractivity contribution in [2.24, 2.45) is 0 Å². The van der Waals surface area contributed by atoms with E-state index in [0.717, 1.165) is 11.8 Å². The van der Waals surface area contributed by atoms with E-state index >= 15 is 0 Å². The Morgan fingerprint density at radius 2 is 2.08 bits per heavy atom. The van der Waals surface area contributed by atoms with E-state index in [4.69, 9.17) is 16.0 Å². The standard InChI is InChI=1S/C15H10ClN5O4S/c16-9-5-6-12(17-7-9)18-13(22)8-26-15-20-19-14(25-15)10-3-1-2-4-11(10)21(23)24/h1-7H,8H2,(H,17,18,22). The molecule has 0 unspecified atom stereocenters. The largest absolute Gasteiger partial charge is 0.411 e. The van der Waals surface area contributed by atoms with Crippen LogP contribution < -0.4 is 5.32 Å². The van der Waals surface area contributed by atoms with Crippen molar-refractivity contribution in [2.75, 3.05) is 11.1 Å². The number of rotatable bonds is 6. The summed E-state index contributed by atoms with van der Waals surface area (Å²) >= 11 is 6.73. The van der Waals surface area contributed by atoms with Crippen molar-refractivity contribution < 1.29 is 14.1 Å². The first-order valence-corrected chi connectivity index (χ1v) is 8.51. The normalized spacial score (nSPS) is 10.5. The summed E-state index contributed by atoms with van der Waals surface area (Å²) in [6.45, 7) is 0. The fourth-order valence-electron chi connectivity index (χ4n) is 1.95. The minimum Gasteiger partial charge on any atom is -0.411 e. The van der Waals surface area contributed by atoms with Crippen molar-refractivity contribution in [3.63, 3.8) is 0 Å². The van der Waals surface area contributed by atoms with Gasteiger partial charge in [0.2, 0.25) is 5.91 Å². The zero-order valence-electron chi connectivity index (χ0n) is 13.0. The molecule has 0 aliphatic carbocycles. The molecule has 2 heterocycles. The molecule has 0 aliphatic heterocycles. The van der Waals surface area contributed by atoms with Crippen molar-refractivity contribution in [1.29, 1.82) is 0 Å². The van der Waals surface area contributed by atoms with Crippen LogP contribution in [-0.2, 0) is 4.79 Å². The molecular formula is C15H10ClN5O4S. The van der Waals surface area contributed by atoms with E-state index in [0.29, 0.717) is 10.8 Å². The number of thioether (sulfide) groups is 1. The number of nitro benzene ring substituents is 1. The van der Waals surface area contributed by atoms with E-state index in [1.165, 1.54) is 18.3 Å². The quantitative estimate of drug-likeness (QED) is 0.385. The summed E-state index contributed by atoms with van der Waals surface area (Å²) in [5, 5.41) is 21.8. The number of halogens is 1. The van der Waals surface area contributed by atoms with Crippen molar-refractivity contribution in [2.45, 2.75) is 5.22 Å². The molecule has 0 aliphatic rings. The lowest BCUT2D eigenvalue weighted by molar-refractivity contribution is -0.384. The van der Waals surface area contributed by atoms with Gasteiger partial charge in [0, 0.05) is 12.3 Å². The smallest absolute Gasteiger partial charge is 0.282 e. The van der Waals surface area contributed by atoms with Crippen LogP contribution in [0.4, 0.5) is 11.5 Å². The summed E-state index contributed by atoms with van der Waals surface area (Å²) in [6, 6.07) is 9.21. The van der Waals surface area contributed by atoms with Crippen molar-refractivity contribution in [3.8, 4) is 11.5 Å². The van der Waals surface area contributed by atoms with Gasteiger partial charge in [0.1, 0.15) is 11.4 Å². The number of anilines is 1. The highest BCUT2D eigenvalue weighted by Crippen LogP contribution is 2.30. The number of nitro groups is 1. The van der Waals surface area contributed by atoms with Gasteiger partial charge in [-0.1, -0.05) is 35.5 Å². The maximum absolute atomic E-state index is 11.9. The topological polar surface area (TPSA) is 124 Å². The van der Waals surface area contributed by atoms with Gasteiger partial charge in [0.25, 0.3) is 16.8 Å². The summed E-state index contributed by atoms with van der Waals surface area (Å²) in [4.78, 5) is 26.4. The van der Waals surface area contributed by atoms with Crippen LogP contribution in [0.3, 0.4) is 0 Å². The SMILES string of the molecule is O=C(CSc1nnc(-c2ccccc2[N+](=O)[O-])o1)Nc1ccc(Cl)cn1. The first kappa shape index (κ1) is 17.8. The number of carbonyl (C=O) groups excluding carboxylic acids is 1. The summed E-state index contributed by atoms with van der Waals surface area (Å²) in [7, 11) is 0. The molecule has 0 fully saturated rings. The molecular weight excluding hydrogens is 382 g/mol. The highest BCUT2D eigenvalue weighted by Gasteiger charge is 2.20. The summed E-state index contributed by atoms with van der Waals surface area (Å²) in [6.07, 6.45) is 1.42. The maximum Gasteiger partial charge on any atom is 0.282 e. The summed E-state index contributed by atoms with van der Waals surface area (Å²) in [5.74, 6) is 0.0593. The third-order valence-corrected chi connectivity index (χ3v) is 4.10. The van der Waals surface area contributed by atoms with Crippen LogP contribution in [-0.4, -0.2) is 31.8 Å². The molecule has 132 valence electrons. The van der Waals surface area contributed by atoms with Gasteiger partial charge in [0.05, 0.1) is 15.7 Å². The van der Waals surface area contributed by atoms with Crippen molar-refractivity contribution in [3.05, 3.63) is 57.7 Å². The van der Waals surface area contributed by atoms with E-state index < -0.39 is 4.92 Å². The lowest BCUT2D eigenvalue weighted by Crippen LogP contribution is -2.14. The van der Waals surface area contributed by atoms with Crippen LogP contribution in [0.25, 0.3) is 11.5 Å². The van der Waals surface area contributed by atoms with Gasteiger partial charge in [-0.3, -0.25) is 14.9 Å². The predicted octanol–water partition coefficient (Wildman–Crippen LogP) is 3.42. The second-order valence-electron chi connectivity index (χ2n) is 4.85. The number of nitrogens with one attached hydrogen (secondary N) is 1. The molecule has 1 aromatic carbocycles. The minimum atomic E-state index is -0.529. The van der Waals surface area contributed by atoms with Crippen LogP contribution in [0, 0.1) is 10.1 Å². The van der Waals surface area contributed by atoms with Crippen molar-refractivity contribution in [1.82, 2.24) is 15.2 Å². The molecule has 0 bridgehead atoms. The summed E-state index contributed by atoms with van der Waals surface area (Å²) < 4.78 is 5.40. The maximum atomic E-state index is 11.9. The molecule has 0 saturated carbocycles. The Morgan fingerprint density at radius 3 is 2.81 bits per heavy atom. The Hall–Kier alpha value is -2.98. The van der Waals surface area contributed by atoms with Gasteiger partial charge >= 0.3 is 0 Å². The van der Waals surface area contributed by atoms with Crippen LogP contribution in [0.2, 0.25) is 5.02 Å². The van der Waals surface area contributed by atoms with E-state index in [9.17, 15) is 14.9 Å². The Kier molecular flexibility index (Phi) is 5.44. The van der Waals surface area contributed by atoms with Gasteiger partial charge < -0.3 is 9.73 Å². The number of pyridine rings is 1. The molecule has 3 rings (SSSR count). The number of carbonyl (C=O) groups is 1. The third kappa shape index (κ3) is 4.35. The number of nitrogens with zero attached hydrogens (tertiary/aromatic N) is 4. The number of benzene rings is 1. The Bertz CT molecular complexity index is 947. The van der Waals surface area contributed by atoms with Crippen LogP contribution >= 0.6 is 23.4 Å². The molecule has 1 amide bonds. The van der Waals surface area contributed by atoms with Crippen LogP contribution in [0.15, 0.2) is 52.2 Å². The summed E-state index contributed by atoms with van der Waals surface area (Å²) in [5.41, 5.74) is 0.0749.